The van der Waals surface area contributed by atoms with Gasteiger partial charge in [0.2, 0.25) is 11.6 Å². The largest absolute Gasteiger partial charge is 0.310 e. The van der Waals surface area contributed by atoms with Crippen molar-refractivity contribution in [3.63, 3.8) is 0 Å². The Kier molecular flexibility index (Phi) is 17.1. The van der Waals surface area contributed by atoms with Crippen molar-refractivity contribution < 1.29 is 43.9 Å². The fraction of sp³-hybridized carbons (Fsp3) is 0.0291. The molecule has 0 spiro atoms. The summed E-state index contributed by atoms with van der Waals surface area (Å²) in [6.45, 7) is 7.87. The summed E-state index contributed by atoms with van der Waals surface area (Å²) in [5.74, 6) is -20.9. The van der Waals surface area contributed by atoms with Crippen LogP contribution < -0.4 is 9.80 Å². The van der Waals surface area contributed by atoms with Crippen molar-refractivity contribution in [2.75, 3.05) is 9.80 Å². The molecule has 0 heterocycles. The van der Waals surface area contributed by atoms with Gasteiger partial charge in [0.25, 0.3) is 0 Å². The van der Waals surface area contributed by atoms with Crippen molar-refractivity contribution >= 4 is 46.3 Å². The van der Waals surface area contributed by atoms with Crippen LogP contribution in [0, 0.1) is 58.2 Å². The molecule has 16 aromatic carbocycles. The van der Waals surface area contributed by atoms with E-state index in [4.69, 9.17) is 0 Å². The zero-order valence-electron chi connectivity index (χ0n) is 61.1. The van der Waals surface area contributed by atoms with Gasteiger partial charge in [-0.15, -0.1) is 0 Å². The Morgan fingerprint density at radius 3 is 0.739 bits per heavy atom. The summed E-state index contributed by atoms with van der Waals surface area (Å²) in [6, 6.07) is 107. The Hall–Kier alpha value is -14.1. The Balaban J connectivity index is 0.857. The van der Waals surface area contributed by atoms with E-state index < -0.39 is 85.5 Å². The average molecular weight is 1520 g/mol. The molecule has 0 bridgehead atoms. The molecule has 2 atom stereocenters. The monoisotopic (exact) mass is 1520 g/mol. The van der Waals surface area contributed by atoms with Gasteiger partial charge in [-0.1, -0.05) is 292 Å². The van der Waals surface area contributed by atoms with Gasteiger partial charge < -0.3 is 9.80 Å². The maximum Gasteiger partial charge on any atom is 0.200 e. The SMILES string of the molecule is C=Cc1ccc(C2(c3c(F)c(F)c(F)c(F)c3F)c3ccccc3-c3ccc(N(c4ccc(-c5ccccc5)cc4)c4ccc5c(c4)C(c4ccccc4)(c4ccccc4)c4cc(N(c6ccc(-c7ccccc7)cc6)c6ccc7c(c6)C(c6ccc(C=C)cc6)(c6c(F)c(F)c(F)c(F)c6F)c6ccccc6-7)ccc4-5)cc32)cc1. The van der Waals surface area contributed by atoms with Crippen LogP contribution in [0.25, 0.3) is 67.8 Å². The van der Waals surface area contributed by atoms with Crippen molar-refractivity contribution in [1.82, 2.24) is 0 Å². The highest BCUT2D eigenvalue weighted by molar-refractivity contribution is 5.96. The number of nitrogens with zero attached hydrogens (tertiary/aromatic N) is 2. The smallest absolute Gasteiger partial charge is 0.200 e. The minimum atomic E-state index is -2.29. The summed E-state index contributed by atoms with van der Waals surface area (Å²) in [4.78, 5) is 4.07. The molecule has 3 aliphatic rings. The van der Waals surface area contributed by atoms with Gasteiger partial charge >= 0.3 is 0 Å². The van der Waals surface area contributed by atoms with E-state index in [1.54, 1.807) is 121 Å². The standard InChI is InChI=1S/C103H62F10N2/c1-3-61-33-41-69(42-34-61)102(89-91(104)95(108)99(112)96(109)92(89)105)83-31-19-17-29-77(83)79-53-49-75(59-87(79)102)114(71-45-37-65(38-46-71)63-21-9-5-10-22-63)73-51-55-81-82-56-52-74(58-86(82)101(85(81)57-73,67-25-13-7-14-26-67)68-27-15-8-16-28-68)115(72-47-39-66(40-48-72)64-23-11-6-12-24-64)76-50-54-80-78-30-18-20-32-84(78)103(88(80)60-76,70-43-35-62(4-2)36-44-70)90-93(106)97(110)100(113)98(111)94(90)107/h3-60H,1-2H2. The number of anilines is 6. The molecule has 2 nitrogen and oxygen atoms in total. The van der Waals surface area contributed by atoms with Crippen LogP contribution in [0.5, 0.6) is 0 Å². The second-order valence-corrected chi connectivity index (χ2v) is 29.0. The van der Waals surface area contributed by atoms with Gasteiger partial charge in [0, 0.05) is 45.3 Å². The lowest BCUT2D eigenvalue weighted by Crippen LogP contribution is -2.33. The Morgan fingerprint density at radius 2 is 0.435 bits per heavy atom. The highest BCUT2D eigenvalue weighted by Gasteiger charge is 2.54. The van der Waals surface area contributed by atoms with Gasteiger partial charge in [-0.25, -0.2) is 43.9 Å². The maximum absolute atomic E-state index is 17.5. The molecule has 12 heteroatoms. The van der Waals surface area contributed by atoms with Crippen LogP contribution in [0.2, 0.25) is 0 Å². The van der Waals surface area contributed by atoms with Crippen LogP contribution in [0.15, 0.2) is 353 Å². The predicted octanol–water partition coefficient (Wildman–Crippen LogP) is 27.7. The third kappa shape index (κ3) is 10.6. The first-order chi connectivity index (χ1) is 56.1. The van der Waals surface area contributed by atoms with Crippen LogP contribution >= 0.6 is 0 Å². The molecule has 0 amide bonds. The molecule has 3 aliphatic carbocycles. The lowest BCUT2D eigenvalue weighted by molar-refractivity contribution is 0.363. The summed E-state index contributed by atoms with van der Waals surface area (Å²) in [5.41, 5.74) is 9.41. The minimum absolute atomic E-state index is 0.227. The molecule has 0 saturated carbocycles. The number of halogens is 10. The quantitative estimate of drug-likeness (QED) is 0.0540. The van der Waals surface area contributed by atoms with E-state index in [1.165, 1.54) is 0 Å². The molecule has 0 saturated heterocycles. The predicted molar refractivity (Wildman–Crippen MR) is 438 cm³/mol. The third-order valence-corrected chi connectivity index (χ3v) is 23.4. The van der Waals surface area contributed by atoms with Gasteiger partial charge in [-0.3, -0.25) is 0 Å². The molecular weight excluding hydrogens is 1460 g/mol. The number of hydrogen-bond donors (Lipinski definition) is 0. The maximum atomic E-state index is 17.5. The van der Waals surface area contributed by atoms with Crippen LogP contribution in [0.3, 0.4) is 0 Å². The zero-order valence-corrected chi connectivity index (χ0v) is 61.1. The van der Waals surface area contributed by atoms with Crippen LogP contribution in [0.4, 0.5) is 78.0 Å². The summed E-state index contributed by atoms with van der Waals surface area (Å²) in [7, 11) is 0. The van der Waals surface area contributed by atoms with Crippen molar-refractivity contribution in [3.8, 4) is 55.6 Å². The Bertz CT molecular complexity index is 6150. The molecule has 19 rings (SSSR count). The van der Waals surface area contributed by atoms with E-state index in [9.17, 15) is 0 Å². The summed E-state index contributed by atoms with van der Waals surface area (Å²) in [6.07, 6.45) is 3.19. The molecule has 115 heavy (non-hydrogen) atoms. The average Bonchev–Trinajstić information content (AvgIpc) is 1.55. The van der Waals surface area contributed by atoms with Gasteiger partial charge in [-0.2, -0.15) is 0 Å². The molecule has 554 valence electrons. The van der Waals surface area contributed by atoms with Gasteiger partial charge in [-0.05, 0) is 195 Å². The molecule has 0 radical (unpaired) electrons. The van der Waals surface area contributed by atoms with Crippen molar-refractivity contribution in [3.05, 3.63) is 489 Å². The van der Waals surface area contributed by atoms with E-state index in [-0.39, 0.29) is 33.4 Å². The summed E-state index contributed by atoms with van der Waals surface area (Å²) in [5, 5.41) is 0. The fourth-order valence-corrected chi connectivity index (χ4v) is 18.4. The topological polar surface area (TPSA) is 6.48 Å². The van der Waals surface area contributed by atoms with Crippen molar-refractivity contribution in [2.45, 2.75) is 16.2 Å². The second kappa shape index (κ2) is 27.7. The van der Waals surface area contributed by atoms with Crippen molar-refractivity contribution in [2.24, 2.45) is 0 Å². The fourth-order valence-electron chi connectivity index (χ4n) is 18.4. The van der Waals surface area contributed by atoms with E-state index in [0.29, 0.717) is 67.5 Å². The number of benzene rings is 16. The number of rotatable bonds is 16. The van der Waals surface area contributed by atoms with E-state index >= 15 is 43.9 Å². The minimum Gasteiger partial charge on any atom is -0.310 e. The van der Waals surface area contributed by atoms with Crippen molar-refractivity contribution in [1.29, 1.82) is 0 Å². The zero-order chi connectivity index (χ0) is 78.8. The highest BCUT2D eigenvalue weighted by atomic mass is 19.2. The Morgan fingerprint density at radius 1 is 0.200 bits per heavy atom. The van der Waals surface area contributed by atoms with Gasteiger partial charge in [0.1, 0.15) is 0 Å². The highest BCUT2D eigenvalue weighted by Crippen LogP contribution is 2.63. The normalized spacial score (nSPS) is 15.1. The van der Waals surface area contributed by atoms with Gasteiger partial charge in [0.05, 0.1) is 16.2 Å². The second-order valence-electron chi connectivity index (χ2n) is 29.0. The molecule has 0 aromatic heterocycles. The summed E-state index contributed by atoms with van der Waals surface area (Å²) >= 11 is 0. The lowest BCUT2D eigenvalue weighted by atomic mass is 9.67. The van der Waals surface area contributed by atoms with Crippen LogP contribution in [0.1, 0.15) is 77.9 Å². The number of hydrogen-bond acceptors (Lipinski definition) is 2. The molecule has 0 fully saturated rings. The van der Waals surface area contributed by atoms with E-state index in [0.717, 1.165) is 55.6 Å². The van der Waals surface area contributed by atoms with E-state index in [1.807, 2.05) is 192 Å². The lowest BCUT2D eigenvalue weighted by Gasteiger charge is -2.36. The third-order valence-electron chi connectivity index (χ3n) is 23.4. The molecule has 16 aromatic rings. The first-order valence-electron chi connectivity index (χ1n) is 37.4. The molecule has 2 unspecified atom stereocenters. The molecule has 0 N–H and O–H groups in total. The first-order valence-corrected chi connectivity index (χ1v) is 37.4. The molecule has 0 aliphatic heterocycles. The number of fused-ring (bicyclic) bond motifs is 9. The van der Waals surface area contributed by atoms with Crippen LogP contribution in [-0.2, 0) is 16.2 Å². The molecular formula is C103H62F10N2. The first kappa shape index (κ1) is 71.2. The van der Waals surface area contributed by atoms with Gasteiger partial charge in [0.15, 0.2) is 46.5 Å². The Labute approximate surface area is 657 Å². The summed E-state index contributed by atoms with van der Waals surface area (Å²) < 4.78 is 166. The van der Waals surface area contributed by atoms with Crippen LogP contribution in [-0.4, -0.2) is 0 Å². The van der Waals surface area contributed by atoms with E-state index in [2.05, 4.69) is 61.7 Å².